The molecule has 0 radical (unpaired) electrons. The molecule has 5 heteroatoms. The van der Waals surface area contributed by atoms with Gasteiger partial charge in [0.15, 0.2) is 5.82 Å². The largest absolute Gasteiger partial charge is 0.275 e. The standard InChI is InChI=1S/C14H19ClN4/c1-8-9(2)16-13(17-12(8)15)10-7-19(6)18-11(10)14(3,4)5/h7H,1-6H3. The van der Waals surface area contributed by atoms with Crippen molar-refractivity contribution in [2.45, 2.75) is 40.0 Å². The first kappa shape index (κ1) is 14.0. The summed E-state index contributed by atoms with van der Waals surface area (Å²) in [7, 11) is 1.90. The summed E-state index contributed by atoms with van der Waals surface area (Å²) in [5, 5.41) is 5.04. The second-order valence-corrected chi connectivity index (χ2v) is 6.22. The minimum Gasteiger partial charge on any atom is -0.275 e. The first-order valence-corrected chi connectivity index (χ1v) is 6.63. The van der Waals surface area contributed by atoms with E-state index in [1.165, 1.54) is 0 Å². The van der Waals surface area contributed by atoms with Crippen LogP contribution in [0.3, 0.4) is 0 Å². The fourth-order valence-electron chi connectivity index (χ4n) is 1.92. The summed E-state index contributed by atoms with van der Waals surface area (Å²) in [6.45, 7) is 10.2. The first-order valence-electron chi connectivity index (χ1n) is 6.25. The fraction of sp³-hybridized carbons (Fsp3) is 0.500. The second kappa shape index (κ2) is 4.60. The molecule has 0 aromatic carbocycles. The monoisotopic (exact) mass is 278 g/mol. The van der Waals surface area contributed by atoms with E-state index in [0.29, 0.717) is 11.0 Å². The number of aryl methyl sites for hydroxylation is 2. The Morgan fingerprint density at radius 3 is 2.32 bits per heavy atom. The van der Waals surface area contributed by atoms with Crippen LogP contribution in [-0.4, -0.2) is 19.7 Å². The van der Waals surface area contributed by atoms with E-state index in [0.717, 1.165) is 22.5 Å². The minimum absolute atomic E-state index is 0.0643. The molecule has 0 fully saturated rings. The SMILES string of the molecule is Cc1nc(-c2cn(C)nc2C(C)(C)C)nc(Cl)c1C. The van der Waals surface area contributed by atoms with Crippen LogP contribution in [0.15, 0.2) is 6.20 Å². The Bertz CT molecular complexity index is 600. The van der Waals surface area contributed by atoms with Crippen LogP contribution < -0.4 is 0 Å². The molecule has 2 heterocycles. The van der Waals surface area contributed by atoms with E-state index in [1.807, 2.05) is 27.1 Å². The van der Waals surface area contributed by atoms with Gasteiger partial charge in [0.2, 0.25) is 0 Å². The van der Waals surface area contributed by atoms with Gasteiger partial charge in [-0.2, -0.15) is 5.10 Å². The lowest BCUT2D eigenvalue weighted by Gasteiger charge is -2.17. The van der Waals surface area contributed by atoms with Gasteiger partial charge in [0.05, 0.1) is 11.3 Å². The number of nitrogens with zero attached hydrogens (tertiary/aromatic N) is 4. The molecule has 102 valence electrons. The number of rotatable bonds is 1. The highest BCUT2D eigenvalue weighted by molar-refractivity contribution is 6.30. The summed E-state index contributed by atoms with van der Waals surface area (Å²) in [6, 6.07) is 0. The molecule has 2 aromatic rings. The predicted molar refractivity (Wildman–Crippen MR) is 77.4 cm³/mol. The third kappa shape index (κ3) is 2.63. The van der Waals surface area contributed by atoms with Crippen molar-refractivity contribution < 1.29 is 0 Å². The Morgan fingerprint density at radius 2 is 1.79 bits per heavy atom. The van der Waals surface area contributed by atoms with Gasteiger partial charge in [-0.05, 0) is 13.8 Å². The molecule has 0 saturated heterocycles. The van der Waals surface area contributed by atoms with Crippen LogP contribution in [0, 0.1) is 13.8 Å². The Kier molecular flexibility index (Phi) is 3.39. The Labute approximate surface area is 118 Å². The predicted octanol–water partition coefficient (Wildman–Crippen LogP) is 3.44. The van der Waals surface area contributed by atoms with Gasteiger partial charge in [-0.15, -0.1) is 0 Å². The minimum atomic E-state index is -0.0643. The third-order valence-electron chi connectivity index (χ3n) is 3.11. The Morgan fingerprint density at radius 1 is 1.16 bits per heavy atom. The summed E-state index contributed by atoms with van der Waals surface area (Å²) < 4.78 is 1.79. The summed E-state index contributed by atoms with van der Waals surface area (Å²) in [6.07, 6.45) is 1.95. The zero-order chi connectivity index (χ0) is 14.4. The summed E-state index contributed by atoms with van der Waals surface area (Å²) in [4.78, 5) is 8.93. The van der Waals surface area contributed by atoms with Gasteiger partial charge < -0.3 is 0 Å². The summed E-state index contributed by atoms with van der Waals surface area (Å²) >= 11 is 6.16. The molecule has 0 bridgehead atoms. The zero-order valence-electron chi connectivity index (χ0n) is 12.2. The molecule has 0 aliphatic rings. The van der Waals surface area contributed by atoms with Crippen molar-refractivity contribution in [1.82, 2.24) is 19.7 Å². The number of aromatic nitrogens is 4. The smallest absolute Gasteiger partial charge is 0.164 e. The van der Waals surface area contributed by atoms with Gasteiger partial charge in [0.25, 0.3) is 0 Å². The van der Waals surface area contributed by atoms with Gasteiger partial charge in [-0.3, -0.25) is 4.68 Å². The molecule has 4 nitrogen and oxygen atoms in total. The Balaban J connectivity index is 2.66. The van der Waals surface area contributed by atoms with E-state index in [-0.39, 0.29) is 5.41 Å². The normalized spacial score (nSPS) is 11.9. The van der Waals surface area contributed by atoms with Crippen molar-refractivity contribution in [3.05, 3.63) is 28.3 Å². The third-order valence-corrected chi connectivity index (χ3v) is 3.48. The Hall–Kier alpha value is -1.42. The van der Waals surface area contributed by atoms with E-state index in [9.17, 15) is 0 Å². The van der Waals surface area contributed by atoms with E-state index < -0.39 is 0 Å². The van der Waals surface area contributed by atoms with Crippen LogP contribution in [-0.2, 0) is 12.5 Å². The molecule has 0 unspecified atom stereocenters. The molecular formula is C14H19ClN4. The van der Waals surface area contributed by atoms with Crippen LogP contribution in [0.5, 0.6) is 0 Å². The summed E-state index contributed by atoms with van der Waals surface area (Å²) in [5.41, 5.74) is 3.69. The fourth-order valence-corrected chi connectivity index (χ4v) is 2.14. The van der Waals surface area contributed by atoms with Crippen molar-refractivity contribution in [2.24, 2.45) is 7.05 Å². The average molecular weight is 279 g/mol. The lowest BCUT2D eigenvalue weighted by atomic mass is 9.89. The molecule has 2 aromatic heterocycles. The highest BCUT2D eigenvalue weighted by atomic mass is 35.5. The molecular weight excluding hydrogens is 260 g/mol. The van der Waals surface area contributed by atoms with E-state index in [1.54, 1.807) is 4.68 Å². The molecule has 2 rings (SSSR count). The maximum absolute atomic E-state index is 6.16. The zero-order valence-corrected chi connectivity index (χ0v) is 13.0. The first-order chi connectivity index (χ1) is 8.70. The highest BCUT2D eigenvalue weighted by Gasteiger charge is 2.24. The van der Waals surface area contributed by atoms with Crippen molar-refractivity contribution >= 4 is 11.6 Å². The van der Waals surface area contributed by atoms with Crippen molar-refractivity contribution in [1.29, 1.82) is 0 Å². The van der Waals surface area contributed by atoms with Crippen LogP contribution in [0.1, 0.15) is 37.7 Å². The summed E-state index contributed by atoms with van der Waals surface area (Å²) in [5.74, 6) is 0.645. The molecule has 0 aliphatic carbocycles. The molecule has 0 atom stereocenters. The quantitative estimate of drug-likeness (QED) is 0.751. The van der Waals surface area contributed by atoms with E-state index in [4.69, 9.17) is 11.6 Å². The van der Waals surface area contributed by atoms with Gasteiger partial charge in [0, 0.05) is 29.9 Å². The van der Waals surface area contributed by atoms with Crippen LogP contribution in [0.2, 0.25) is 5.15 Å². The number of hydrogen-bond donors (Lipinski definition) is 0. The second-order valence-electron chi connectivity index (χ2n) is 5.86. The van der Waals surface area contributed by atoms with Crippen molar-refractivity contribution in [2.75, 3.05) is 0 Å². The lowest BCUT2D eigenvalue weighted by molar-refractivity contribution is 0.554. The molecule has 0 N–H and O–H groups in total. The van der Waals surface area contributed by atoms with E-state index in [2.05, 4.69) is 35.8 Å². The van der Waals surface area contributed by atoms with Gasteiger partial charge in [-0.1, -0.05) is 32.4 Å². The van der Waals surface area contributed by atoms with Gasteiger partial charge in [0.1, 0.15) is 5.15 Å². The molecule has 0 spiro atoms. The van der Waals surface area contributed by atoms with Crippen molar-refractivity contribution in [3.8, 4) is 11.4 Å². The molecule has 0 amide bonds. The van der Waals surface area contributed by atoms with Crippen molar-refractivity contribution in [3.63, 3.8) is 0 Å². The topological polar surface area (TPSA) is 43.6 Å². The van der Waals surface area contributed by atoms with Crippen LogP contribution >= 0.6 is 11.6 Å². The number of halogens is 1. The van der Waals surface area contributed by atoms with Crippen LogP contribution in [0.4, 0.5) is 0 Å². The molecule has 0 saturated carbocycles. The van der Waals surface area contributed by atoms with Crippen LogP contribution in [0.25, 0.3) is 11.4 Å². The molecule has 0 aliphatic heterocycles. The average Bonchev–Trinajstić information content (AvgIpc) is 2.67. The van der Waals surface area contributed by atoms with Gasteiger partial charge in [-0.25, -0.2) is 9.97 Å². The maximum atomic E-state index is 6.16. The van der Waals surface area contributed by atoms with E-state index >= 15 is 0 Å². The molecule has 19 heavy (non-hydrogen) atoms. The maximum Gasteiger partial charge on any atom is 0.164 e. The number of hydrogen-bond acceptors (Lipinski definition) is 3. The lowest BCUT2D eigenvalue weighted by Crippen LogP contribution is -2.14. The van der Waals surface area contributed by atoms with Gasteiger partial charge >= 0.3 is 0 Å². The highest BCUT2D eigenvalue weighted by Crippen LogP contribution is 2.31.